The second-order valence-electron chi connectivity index (χ2n) is 9.33. The first-order valence-corrected chi connectivity index (χ1v) is 13.5. The number of imidazole rings is 1. The monoisotopic (exact) mass is 529 g/mol. The molecule has 1 unspecified atom stereocenters. The average Bonchev–Trinajstić information content (AvgIpc) is 3.16. The zero-order chi connectivity index (χ0) is 27.5. The highest BCUT2D eigenvalue weighted by molar-refractivity contribution is 7.90. The van der Waals surface area contributed by atoms with E-state index >= 15 is 0 Å². The SMILES string of the molecule is Cc1nc2c(C(=O)NCc3ccc(S(C)(=O)=O)cc3)cc(C(N)=O)cn2c1C(=O)NC(CO)CC(C)C. The van der Waals surface area contributed by atoms with Gasteiger partial charge < -0.3 is 21.5 Å². The highest BCUT2D eigenvalue weighted by Gasteiger charge is 2.24. The lowest BCUT2D eigenvalue weighted by Gasteiger charge is -2.18. The summed E-state index contributed by atoms with van der Waals surface area (Å²) in [4.78, 5) is 42.8. The van der Waals surface area contributed by atoms with Crippen LogP contribution in [0.3, 0.4) is 0 Å². The van der Waals surface area contributed by atoms with Crippen LogP contribution in [0.1, 0.15) is 62.7 Å². The molecule has 0 aliphatic rings. The Hall–Kier alpha value is -3.77. The maximum absolute atomic E-state index is 13.1. The Morgan fingerprint density at radius 2 is 1.78 bits per heavy atom. The number of primary amides is 1. The van der Waals surface area contributed by atoms with Crippen LogP contribution in [0, 0.1) is 12.8 Å². The molecular weight excluding hydrogens is 498 g/mol. The van der Waals surface area contributed by atoms with Crippen LogP contribution in [0.5, 0.6) is 0 Å². The lowest BCUT2D eigenvalue weighted by atomic mass is 10.0. The van der Waals surface area contributed by atoms with Gasteiger partial charge in [0.2, 0.25) is 5.91 Å². The van der Waals surface area contributed by atoms with Crippen LogP contribution in [0.15, 0.2) is 41.4 Å². The lowest BCUT2D eigenvalue weighted by Crippen LogP contribution is -2.39. The molecule has 3 aromatic rings. The van der Waals surface area contributed by atoms with E-state index in [-0.39, 0.29) is 46.4 Å². The van der Waals surface area contributed by atoms with Crippen LogP contribution in [0.4, 0.5) is 0 Å². The fourth-order valence-corrected chi connectivity index (χ4v) is 4.60. The molecule has 3 rings (SSSR count). The van der Waals surface area contributed by atoms with Crippen molar-refractivity contribution in [2.75, 3.05) is 12.9 Å². The minimum atomic E-state index is -3.34. The van der Waals surface area contributed by atoms with Crippen LogP contribution in [0.25, 0.3) is 5.65 Å². The van der Waals surface area contributed by atoms with E-state index in [0.717, 1.165) is 6.26 Å². The molecule has 3 amide bonds. The molecule has 0 bridgehead atoms. The molecule has 11 nitrogen and oxygen atoms in total. The second kappa shape index (κ2) is 11.1. The van der Waals surface area contributed by atoms with E-state index in [4.69, 9.17) is 5.73 Å². The van der Waals surface area contributed by atoms with Crippen molar-refractivity contribution in [3.63, 3.8) is 0 Å². The fraction of sp³-hybridized carbons (Fsp3) is 0.360. The van der Waals surface area contributed by atoms with Crippen molar-refractivity contribution < 1.29 is 27.9 Å². The van der Waals surface area contributed by atoms with Crippen molar-refractivity contribution in [2.45, 2.75) is 44.7 Å². The number of pyridine rings is 1. The predicted molar refractivity (Wildman–Crippen MR) is 137 cm³/mol. The van der Waals surface area contributed by atoms with E-state index in [0.29, 0.717) is 17.7 Å². The first kappa shape index (κ1) is 27.8. The number of aryl methyl sites for hydroxylation is 1. The summed E-state index contributed by atoms with van der Waals surface area (Å²) in [6.07, 6.45) is 3.02. The molecule has 1 aromatic carbocycles. The molecule has 0 aliphatic carbocycles. The third kappa shape index (κ3) is 6.52. The molecule has 1 atom stereocenters. The molecule has 37 heavy (non-hydrogen) atoms. The first-order chi connectivity index (χ1) is 17.3. The van der Waals surface area contributed by atoms with Crippen LogP contribution >= 0.6 is 0 Å². The number of amides is 3. The standard InChI is InChI=1S/C25H31N5O6S/c1-14(2)9-18(13-31)29-25(34)21-15(3)28-23-20(10-17(22(26)32)12-30(21)23)24(33)27-11-16-5-7-19(8-6-16)37(4,35)36/h5-8,10,12,14,18,31H,9,11,13H2,1-4H3,(H2,26,32)(H,27,33)(H,29,34). The number of sulfone groups is 1. The lowest BCUT2D eigenvalue weighted by molar-refractivity contribution is 0.0898. The van der Waals surface area contributed by atoms with Gasteiger partial charge in [-0.15, -0.1) is 0 Å². The van der Waals surface area contributed by atoms with Crippen LogP contribution < -0.4 is 16.4 Å². The molecular formula is C25H31N5O6S. The Morgan fingerprint density at radius 3 is 2.32 bits per heavy atom. The minimum Gasteiger partial charge on any atom is -0.394 e. The molecule has 0 saturated heterocycles. The molecule has 0 radical (unpaired) electrons. The van der Waals surface area contributed by atoms with Gasteiger partial charge in [0.25, 0.3) is 11.8 Å². The smallest absolute Gasteiger partial charge is 0.270 e. The fourth-order valence-electron chi connectivity index (χ4n) is 3.97. The number of nitrogens with two attached hydrogens (primary N) is 1. The number of nitrogens with one attached hydrogen (secondary N) is 2. The molecule has 0 spiro atoms. The van der Waals surface area contributed by atoms with Crippen molar-refractivity contribution in [1.82, 2.24) is 20.0 Å². The molecule has 0 saturated carbocycles. The Morgan fingerprint density at radius 1 is 1.14 bits per heavy atom. The molecule has 198 valence electrons. The molecule has 12 heteroatoms. The Labute approximate surface area is 215 Å². The summed E-state index contributed by atoms with van der Waals surface area (Å²) in [5, 5.41) is 15.2. The van der Waals surface area contributed by atoms with E-state index < -0.39 is 33.6 Å². The van der Waals surface area contributed by atoms with Gasteiger partial charge in [0.15, 0.2) is 15.5 Å². The van der Waals surface area contributed by atoms with E-state index in [1.807, 2.05) is 13.8 Å². The largest absolute Gasteiger partial charge is 0.394 e. The first-order valence-electron chi connectivity index (χ1n) is 11.6. The number of benzene rings is 1. The summed E-state index contributed by atoms with van der Waals surface area (Å²) in [5.74, 6) is -1.63. The maximum atomic E-state index is 13.1. The number of carbonyl (C=O) groups excluding carboxylic acids is 3. The van der Waals surface area contributed by atoms with Crippen molar-refractivity contribution in [1.29, 1.82) is 0 Å². The number of fused-ring (bicyclic) bond motifs is 1. The maximum Gasteiger partial charge on any atom is 0.270 e. The third-order valence-corrected chi connectivity index (χ3v) is 6.88. The predicted octanol–water partition coefficient (Wildman–Crippen LogP) is 1.21. The molecule has 2 aromatic heterocycles. The second-order valence-corrected chi connectivity index (χ2v) is 11.3. The summed E-state index contributed by atoms with van der Waals surface area (Å²) >= 11 is 0. The van der Waals surface area contributed by atoms with Gasteiger partial charge in [-0.2, -0.15) is 0 Å². The number of hydrogen-bond acceptors (Lipinski definition) is 7. The number of hydrogen-bond donors (Lipinski definition) is 4. The van der Waals surface area contributed by atoms with E-state index in [2.05, 4.69) is 15.6 Å². The van der Waals surface area contributed by atoms with E-state index in [9.17, 15) is 27.9 Å². The zero-order valence-corrected chi connectivity index (χ0v) is 21.9. The summed E-state index contributed by atoms with van der Waals surface area (Å²) in [5.41, 5.74) is 6.78. The van der Waals surface area contributed by atoms with Gasteiger partial charge in [0, 0.05) is 19.0 Å². The van der Waals surface area contributed by atoms with Gasteiger partial charge in [-0.05, 0) is 43.0 Å². The minimum absolute atomic E-state index is 0.00231. The Balaban J connectivity index is 1.94. The summed E-state index contributed by atoms with van der Waals surface area (Å²) in [6.45, 7) is 5.38. The van der Waals surface area contributed by atoms with Crippen molar-refractivity contribution in [3.8, 4) is 0 Å². The van der Waals surface area contributed by atoms with Crippen molar-refractivity contribution in [3.05, 3.63) is 64.6 Å². The van der Waals surface area contributed by atoms with Gasteiger partial charge in [-0.3, -0.25) is 18.8 Å². The summed E-state index contributed by atoms with van der Waals surface area (Å²) in [6, 6.07) is 6.90. The highest BCUT2D eigenvalue weighted by atomic mass is 32.2. The number of aromatic nitrogens is 2. The van der Waals surface area contributed by atoms with Gasteiger partial charge in [0.05, 0.1) is 34.4 Å². The number of aliphatic hydroxyl groups excluding tert-OH is 1. The summed E-state index contributed by atoms with van der Waals surface area (Å²) in [7, 11) is -3.34. The molecule has 2 heterocycles. The molecule has 5 N–H and O–H groups in total. The van der Waals surface area contributed by atoms with Gasteiger partial charge in [0.1, 0.15) is 5.69 Å². The number of carbonyl (C=O) groups is 3. The quantitative estimate of drug-likeness (QED) is 0.305. The summed E-state index contributed by atoms with van der Waals surface area (Å²) < 4.78 is 24.7. The molecule has 0 aliphatic heterocycles. The normalized spacial score (nSPS) is 12.5. The third-order valence-electron chi connectivity index (χ3n) is 5.75. The molecule has 0 fully saturated rings. The van der Waals surface area contributed by atoms with Gasteiger partial charge in [-0.1, -0.05) is 26.0 Å². The van der Waals surface area contributed by atoms with Gasteiger partial charge in [-0.25, -0.2) is 13.4 Å². The van der Waals surface area contributed by atoms with Crippen LogP contribution in [-0.4, -0.2) is 59.5 Å². The average molecular weight is 530 g/mol. The topological polar surface area (TPSA) is 173 Å². The zero-order valence-electron chi connectivity index (χ0n) is 21.1. The number of aliphatic hydroxyl groups is 1. The Kier molecular flexibility index (Phi) is 8.34. The van der Waals surface area contributed by atoms with Crippen molar-refractivity contribution in [2.24, 2.45) is 11.7 Å². The van der Waals surface area contributed by atoms with E-state index in [1.165, 1.54) is 28.8 Å². The highest BCUT2D eigenvalue weighted by Crippen LogP contribution is 2.20. The number of rotatable bonds is 10. The van der Waals surface area contributed by atoms with Crippen LogP contribution in [-0.2, 0) is 16.4 Å². The van der Waals surface area contributed by atoms with Crippen LogP contribution in [0.2, 0.25) is 0 Å². The van der Waals surface area contributed by atoms with Gasteiger partial charge >= 0.3 is 0 Å². The number of nitrogens with zero attached hydrogens (tertiary/aromatic N) is 2. The Bertz CT molecular complexity index is 1440. The van der Waals surface area contributed by atoms with E-state index in [1.54, 1.807) is 19.1 Å². The van der Waals surface area contributed by atoms with Crippen molar-refractivity contribution >= 4 is 33.2 Å².